The summed E-state index contributed by atoms with van der Waals surface area (Å²) in [5, 5.41) is 12.8. The van der Waals surface area contributed by atoms with Gasteiger partial charge in [-0.15, -0.1) is 0 Å². The molecule has 0 aromatic heterocycles. The van der Waals surface area contributed by atoms with Gasteiger partial charge in [0.1, 0.15) is 5.57 Å². The van der Waals surface area contributed by atoms with E-state index in [4.69, 9.17) is 9.57 Å². The van der Waals surface area contributed by atoms with Gasteiger partial charge in [0.05, 0.1) is 7.11 Å². The summed E-state index contributed by atoms with van der Waals surface area (Å²) in [6.07, 6.45) is 2.69. The van der Waals surface area contributed by atoms with Crippen molar-refractivity contribution in [2.24, 2.45) is 0 Å². The molecule has 0 atom stereocenters. The number of hydrogen-bond acceptors (Lipinski definition) is 5. The highest BCUT2D eigenvalue weighted by Gasteiger charge is 2.50. The summed E-state index contributed by atoms with van der Waals surface area (Å²) in [7, 11) is 1.63. The number of carbonyl (C=O) groups is 1. The Hall–Kier alpha value is -1.85. The molecule has 2 heterocycles. The minimum Gasteiger partial charge on any atom is -0.507 e. The van der Waals surface area contributed by atoms with Crippen molar-refractivity contribution >= 4 is 11.5 Å². The first kappa shape index (κ1) is 17.0. The van der Waals surface area contributed by atoms with Crippen LogP contribution in [0.4, 0.5) is 0 Å². The predicted octanol–water partition coefficient (Wildman–Crippen LogP) is 3.03. The van der Waals surface area contributed by atoms with Crippen LogP contribution in [0, 0.1) is 0 Å². The zero-order valence-electron chi connectivity index (χ0n) is 14.6. The molecule has 1 saturated heterocycles. The fourth-order valence-corrected chi connectivity index (χ4v) is 3.75. The molecule has 0 bridgehead atoms. The number of aryl methyl sites for hydroxylation is 2. The second-order valence-corrected chi connectivity index (χ2v) is 6.38. The van der Waals surface area contributed by atoms with Crippen LogP contribution >= 0.6 is 0 Å². The standard InChI is InChI=1S/C19H25NO4/c1-4-13-7-6-8-14(5-2)15(13)16-17(21)19(24-18(16)22)9-11-20(23-3)12-10-19/h6-8,21H,4-5,9-12H2,1-3H3. The Labute approximate surface area is 142 Å². The third-order valence-corrected chi connectivity index (χ3v) is 5.20. The molecule has 5 nitrogen and oxygen atoms in total. The maximum Gasteiger partial charge on any atom is 0.343 e. The van der Waals surface area contributed by atoms with Crippen molar-refractivity contribution in [3.8, 4) is 0 Å². The third-order valence-electron chi connectivity index (χ3n) is 5.20. The predicted molar refractivity (Wildman–Crippen MR) is 91.4 cm³/mol. The quantitative estimate of drug-likeness (QED) is 0.860. The maximum absolute atomic E-state index is 12.7. The molecular weight excluding hydrogens is 306 g/mol. The first-order valence-electron chi connectivity index (χ1n) is 8.63. The van der Waals surface area contributed by atoms with Gasteiger partial charge >= 0.3 is 5.97 Å². The van der Waals surface area contributed by atoms with Gasteiger partial charge in [-0.05, 0) is 29.5 Å². The van der Waals surface area contributed by atoms with E-state index in [1.165, 1.54) is 0 Å². The van der Waals surface area contributed by atoms with Crippen molar-refractivity contribution in [2.45, 2.75) is 45.1 Å². The van der Waals surface area contributed by atoms with Crippen LogP contribution in [-0.4, -0.2) is 41.9 Å². The van der Waals surface area contributed by atoms with E-state index >= 15 is 0 Å². The maximum atomic E-state index is 12.7. The van der Waals surface area contributed by atoms with Crippen molar-refractivity contribution in [2.75, 3.05) is 20.2 Å². The topological polar surface area (TPSA) is 59.0 Å². The zero-order chi connectivity index (χ0) is 17.3. The normalized spacial score (nSPS) is 20.7. The molecule has 1 spiro atoms. The van der Waals surface area contributed by atoms with Crippen molar-refractivity contribution < 1.29 is 19.5 Å². The Morgan fingerprint density at radius 2 is 1.79 bits per heavy atom. The van der Waals surface area contributed by atoms with Gasteiger partial charge in [0, 0.05) is 25.9 Å². The van der Waals surface area contributed by atoms with Gasteiger partial charge in [0.2, 0.25) is 0 Å². The second-order valence-electron chi connectivity index (χ2n) is 6.38. The molecule has 3 rings (SSSR count). The summed E-state index contributed by atoms with van der Waals surface area (Å²) >= 11 is 0. The van der Waals surface area contributed by atoms with Crippen molar-refractivity contribution in [3.05, 3.63) is 40.6 Å². The third kappa shape index (κ3) is 2.62. The van der Waals surface area contributed by atoms with Crippen LogP contribution < -0.4 is 0 Å². The van der Waals surface area contributed by atoms with Crippen LogP contribution in [0.15, 0.2) is 24.0 Å². The summed E-state index contributed by atoms with van der Waals surface area (Å²) in [5.74, 6) is -0.312. The number of rotatable bonds is 4. The Kier molecular flexibility index (Phi) is 4.65. The highest BCUT2D eigenvalue weighted by atomic mass is 16.7. The lowest BCUT2D eigenvalue weighted by molar-refractivity contribution is -0.182. The van der Waals surface area contributed by atoms with Crippen LogP contribution in [0.1, 0.15) is 43.4 Å². The van der Waals surface area contributed by atoms with Gasteiger partial charge in [-0.3, -0.25) is 0 Å². The SMILES string of the molecule is CCc1cccc(CC)c1C1=C(O)C2(CCN(OC)CC2)OC1=O. The van der Waals surface area contributed by atoms with E-state index in [-0.39, 0.29) is 5.76 Å². The van der Waals surface area contributed by atoms with E-state index < -0.39 is 11.6 Å². The molecule has 1 aromatic carbocycles. The Morgan fingerprint density at radius 3 is 2.29 bits per heavy atom. The number of hydroxylamine groups is 2. The molecule has 1 N–H and O–H groups in total. The lowest BCUT2D eigenvalue weighted by atomic mass is 9.85. The van der Waals surface area contributed by atoms with Crippen molar-refractivity contribution in [3.63, 3.8) is 0 Å². The van der Waals surface area contributed by atoms with Gasteiger partial charge in [0.15, 0.2) is 11.4 Å². The monoisotopic (exact) mass is 331 g/mol. The minimum atomic E-state index is -0.896. The van der Waals surface area contributed by atoms with E-state index in [2.05, 4.69) is 13.8 Å². The number of benzene rings is 1. The Balaban J connectivity index is 2.07. The molecule has 0 amide bonds. The van der Waals surface area contributed by atoms with Gasteiger partial charge in [-0.1, -0.05) is 32.0 Å². The van der Waals surface area contributed by atoms with Gasteiger partial charge in [-0.25, -0.2) is 4.79 Å². The summed E-state index contributed by atoms with van der Waals surface area (Å²) in [6.45, 7) is 5.36. The van der Waals surface area contributed by atoms with Crippen molar-refractivity contribution in [1.82, 2.24) is 5.06 Å². The average Bonchev–Trinajstić information content (AvgIpc) is 2.84. The van der Waals surface area contributed by atoms with E-state index in [1.807, 2.05) is 23.3 Å². The fourth-order valence-electron chi connectivity index (χ4n) is 3.75. The summed E-state index contributed by atoms with van der Waals surface area (Å²) in [6, 6.07) is 6.03. The van der Waals surface area contributed by atoms with Gasteiger partial charge < -0.3 is 14.7 Å². The summed E-state index contributed by atoms with van der Waals surface area (Å²) in [5.41, 5.74) is 2.46. The number of ether oxygens (including phenoxy) is 1. The average molecular weight is 331 g/mol. The lowest BCUT2D eigenvalue weighted by Crippen LogP contribution is -2.45. The van der Waals surface area contributed by atoms with Crippen LogP contribution in [0.2, 0.25) is 0 Å². The molecule has 2 aliphatic rings. The molecule has 1 aromatic rings. The van der Waals surface area contributed by atoms with Crippen LogP contribution in [-0.2, 0) is 27.2 Å². The minimum absolute atomic E-state index is 0.0962. The first-order chi connectivity index (χ1) is 11.6. The molecule has 2 aliphatic heterocycles. The molecule has 5 heteroatoms. The molecule has 0 unspecified atom stereocenters. The largest absolute Gasteiger partial charge is 0.507 e. The van der Waals surface area contributed by atoms with E-state index in [0.717, 1.165) is 29.5 Å². The lowest BCUT2D eigenvalue weighted by Gasteiger charge is -2.36. The molecule has 0 aliphatic carbocycles. The summed E-state index contributed by atoms with van der Waals surface area (Å²) in [4.78, 5) is 17.9. The first-order valence-corrected chi connectivity index (χ1v) is 8.63. The highest BCUT2D eigenvalue weighted by molar-refractivity contribution is 6.20. The molecular formula is C19H25NO4. The number of nitrogens with zero attached hydrogens (tertiary/aromatic N) is 1. The van der Waals surface area contributed by atoms with E-state index in [1.54, 1.807) is 7.11 Å². The van der Waals surface area contributed by atoms with Crippen LogP contribution in [0.25, 0.3) is 5.57 Å². The van der Waals surface area contributed by atoms with Gasteiger partial charge in [-0.2, -0.15) is 5.06 Å². The van der Waals surface area contributed by atoms with Crippen LogP contribution in [0.3, 0.4) is 0 Å². The van der Waals surface area contributed by atoms with E-state index in [9.17, 15) is 9.90 Å². The number of aliphatic hydroxyl groups is 1. The highest BCUT2D eigenvalue weighted by Crippen LogP contribution is 2.44. The molecule has 24 heavy (non-hydrogen) atoms. The molecule has 130 valence electrons. The van der Waals surface area contributed by atoms with Crippen molar-refractivity contribution in [1.29, 1.82) is 0 Å². The zero-order valence-corrected chi connectivity index (χ0v) is 14.6. The molecule has 0 radical (unpaired) electrons. The second kappa shape index (κ2) is 6.57. The fraction of sp³-hybridized carbons (Fsp3) is 0.526. The van der Waals surface area contributed by atoms with Crippen LogP contribution in [0.5, 0.6) is 0 Å². The number of hydrogen-bond donors (Lipinski definition) is 1. The molecule has 1 fully saturated rings. The Morgan fingerprint density at radius 1 is 1.21 bits per heavy atom. The number of piperidine rings is 1. The number of esters is 1. The van der Waals surface area contributed by atoms with E-state index in [0.29, 0.717) is 31.5 Å². The molecule has 0 saturated carbocycles. The Bertz CT molecular complexity index is 650. The van der Waals surface area contributed by atoms with Gasteiger partial charge in [0.25, 0.3) is 0 Å². The smallest absolute Gasteiger partial charge is 0.343 e. The number of aliphatic hydroxyl groups excluding tert-OH is 1. The summed E-state index contributed by atoms with van der Waals surface area (Å²) < 4.78 is 5.72. The number of carbonyl (C=O) groups excluding carboxylic acids is 1.